The van der Waals surface area contributed by atoms with Gasteiger partial charge < -0.3 is 10.1 Å². The van der Waals surface area contributed by atoms with Crippen molar-refractivity contribution in [1.29, 1.82) is 0 Å². The summed E-state index contributed by atoms with van der Waals surface area (Å²) in [6.07, 6.45) is 2.42. The van der Waals surface area contributed by atoms with E-state index < -0.39 is 9.84 Å². The molecule has 2 unspecified atom stereocenters. The average molecular weight is 362 g/mol. The zero-order valence-corrected chi connectivity index (χ0v) is 14.1. The lowest BCUT2D eigenvalue weighted by molar-refractivity contribution is 0.394. The van der Waals surface area contributed by atoms with Crippen molar-refractivity contribution in [2.24, 2.45) is 0 Å². The standard InChI is InChI=1S/C14H20BrNO3S/c1-16-14(13-5-3-4-8-20(13,17)18)11-9-10(15)6-7-12(11)19-2/h6-7,9,13-14,16H,3-5,8H2,1-2H3. The van der Waals surface area contributed by atoms with Crippen molar-refractivity contribution >= 4 is 25.8 Å². The zero-order chi connectivity index (χ0) is 14.8. The van der Waals surface area contributed by atoms with Crippen LogP contribution >= 0.6 is 15.9 Å². The lowest BCUT2D eigenvalue weighted by Gasteiger charge is -2.31. The summed E-state index contributed by atoms with van der Waals surface area (Å²) in [6, 6.07) is 5.45. The van der Waals surface area contributed by atoms with Crippen LogP contribution in [0.5, 0.6) is 5.75 Å². The van der Waals surface area contributed by atoms with Crippen LogP contribution in [0.25, 0.3) is 0 Å². The van der Waals surface area contributed by atoms with Crippen LogP contribution in [0.1, 0.15) is 30.9 Å². The second-order valence-electron chi connectivity index (χ2n) is 5.05. The van der Waals surface area contributed by atoms with E-state index in [1.165, 1.54) is 0 Å². The fraction of sp³-hybridized carbons (Fsp3) is 0.571. The summed E-state index contributed by atoms with van der Waals surface area (Å²) in [4.78, 5) is 0. The molecule has 20 heavy (non-hydrogen) atoms. The van der Waals surface area contributed by atoms with Crippen LogP contribution in [0.2, 0.25) is 0 Å². The Morgan fingerprint density at radius 1 is 1.40 bits per heavy atom. The van der Waals surface area contributed by atoms with Crippen LogP contribution in [-0.4, -0.2) is 33.6 Å². The number of benzene rings is 1. The van der Waals surface area contributed by atoms with Gasteiger partial charge in [-0.05, 0) is 38.1 Å². The average Bonchev–Trinajstić information content (AvgIpc) is 2.41. The van der Waals surface area contributed by atoms with Gasteiger partial charge in [-0.3, -0.25) is 0 Å². The highest BCUT2D eigenvalue weighted by Crippen LogP contribution is 2.36. The number of methoxy groups -OCH3 is 1. The minimum absolute atomic E-state index is 0.243. The molecule has 2 atom stereocenters. The molecule has 0 amide bonds. The lowest BCUT2D eigenvalue weighted by Crippen LogP contribution is -2.39. The molecule has 0 bridgehead atoms. The number of sulfone groups is 1. The largest absolute Gasteiger partial charge is 0.496 e. The van der Waals surface area contributed by atoms with Gasteiger partial charge in [0.2, 0.25) is 0 Å². The van der Waals surface area contributed by atoms with E-state index in [1.54, 1.807) is 14.2 Å². The van der Waals surface area contributed by atoms with Crippen molar-refractivity contribution in [3.8, 4) is 5.75 Å². The third kappa shape index (κ3) is 3.18. The molecule has 4 nitrogen and oxygen atoms in total. The Morgan fingerprint density at radius 3 is 2.75 bits per heavy atom. The predicted molar refractivity (Wildman–Crippen MR) is 83.9 cm³/mol. The van der Waals surface area contributed by atoms with E-state index >= 15 is 0 Å². The predicted octanol–water partition coefficient (Wildman–Crippen LogP) is 2.69. The van der Waals surface area contributed by atoms with Crippen molar-refractivity contribution in [3.63, 3.8) is 0 Å². The first-order valence-corrected chi connectivity index (χ1v) is 9.22. The molecule has 2 rings (SSSR count). The summed E-state index contributed by atoms with van der Waals surface area (Å²) >= 11 is 3.44. The number of rotatable bonds is 4. The van der Waals surface area contributed by atoms with Gasteiger partial charge in [-0.15, -0.1) is 0 Å². The zero-order valence-electron chi connectivity index (χ0n) is 11.7. The third-order valence-electron chi connectivity index (χ3n) is 3.84. The molecule has 1 heterocycles. The van der Waals surface area contributed by atoms with Gasteiger partial charge in [-0.2, -0.15) is 0 Å². The second kappa shape index (κ2) is 6.45. The molecule has 1 saturated heterocycles. The molecule has 1 aliphatic rings. The van der Waals surface area contributed by atoms with Gasteiger partial charge >= 0.3 is 0 Å². The van der Waals surface area contributed by atoms with Crippen molar-refractivity contribution in [1.82, 2.24) is 5.32 Å². The highest BCUT2D eigenvalue weighted by molar-refractivity contribution is 9.10. The van der Waals surface area contributed by atoms with Gasteiger partial charge in [-0.25, -0.2) is 8.42 Å². The summed E-state index contributed by atoms with van der Waals surface area (Å²) < 4.78 is 31.0. The van der Waals surface area contributed by atoms with E-state index in [2.05, 4.69) is 21.2 Å². The third-order valence-corrected chi connectivity index (χ3v) is 6.62. The number of nitrogens with one attached hydrogen (secondary N) is 1. The molecule has 1 N–H and O–H groups in total. The molecule has 112 valence electrons. The van der Waals surface area contributed by atoms with Crippen molar-refractivity contribution in [2.45, 2.75) is 30.6 Å². The first-order valence-electron chi connectivity index (χ1n) is 6.72. The Morgan fingerprint density at radius 2 is 2.15 bits per heavy atom. The number of ether oxygens (including phenoxy) is 1. The first kappa shape index (κ1) is 15.8. The molecule has 1 fully saturated rings. The molecule has 0 aliphatic carbocycles. The van der Waals surface area contributed by atoms with Crippen molar-refractivity contribution < 1.29 is 13.2 Å². The highest BCUT2D eigenvalue weighted by Gasteiger charge is 2.36. The minimum Gasteiger partial charge on any atom is -0.496 e. The Balaban J connectivity index is 2.44. The van der Waals surface area contributed by atoms with Crippen LogP contribution in [0.15, 0.2) is 22.7 Å². The second-order valence-corrected chi connectivity index (χ2v) is 8.31. The molecule has 1 aliphatic heterocycles. The molecule has 1 aromatic carbocycles. The van der Waals surface area contributed by atoms with E-state index in [4.69, 9.17) is 4.74 Å². The Kier molecular flexibility index (Phi) is 5.09. The Labute approximate surface area is 129 Å². The number of halogens is 1. The maximum Gasteiger partial charge on any atom is 0.155 e. The van der Waals surface area contributed by atoms with E-state index in [1.807, 2.05) is 18.2 Å². The summed E-state index contributed by atoms with van der Waals surface area (Å²) in [5, 5.41) is 2.78. The summed E-state index contributed by atoms with van der Waals surface area (Å²) in [7, 11) is 0.353. The van der Waals surface area contributed by atoms with Gasteiger partial charge in [0.1, 0.15) is 5.75 Å². The van der Waals surface area contributed by atoms with Gasteiger partial charge in [0.15, 0.2) is 9.84 Å². The summed E-state index contributed by atoms with van der Waals surface area (Å²) in [5.41, 5.74) is 0.889. The molecular formula is C14H20BrNO3S. The van der Waals surface area contributed by atoms with E-state index in [0.29, 0.717) is 12.2 Å². The van der Waals surface area contributed by atoms with Crippen molar-refractivity contribution in [3.05, 3.63) is 28.2 Å². The lowest BCUT2D eigenvalue weighted by atomic mass is 9.98. The topological polar surface area (TPSA) is 55.4 Å². The highest BCUT2D eigenvalue weighted by atomic mass is 79.9. The number of hydrogen-bond acceptors (Lipinski definition) is 4. The van der Waals surface area contributed by atoms with Crippen LogP contribution in [0, 0.1) is 0 Å². The first-order chi connectivity index (χ1) is 9.49. The van der Waals surface area contributed by atoms with Gasteiger partial charge in [0.25, 0.3) is 0 Å². The van der Waals surface area contributed by atoms with Gasteiger partial charge in [0, 0.05) is 10.0 Å². The van der Waals surface area contributed by atoms with E-state index in [9.17, 15) is 8.42 Å². The number of hydrogen-bond donors (Lipinski definition) is 1. The quantitative estimate of drug-likeness (QED) is 0.895. The smallest absolute Gasteiger partial charge is 0.155 e. The summed E-state index contributed by atoms with van der Waals surface area (Å²) in [6.45, 7) is 0. The fourth-order valence-corrected chi connectivity index (χ4v) is 5.35. The molecule has 6 heteroatoms. The summed E-state index contributed by atoms with van der Waals surface area (Å²) in [5.74, 6) is 1.000. The van der Waals surface area contributed by atoms with Gasteiger partial charge in [0.05, 0.1) is 24.2 Å². The minimum atomic E-state index is -3.05. The maximum atomic E-state index is 12.3. The molecule has 1 aromatic rings. The molecule has 0 aromatic heterocycles. The normalized spacial score (nSPS) is 23.2. The van der Waals surface area contributed by atoms with Crippen LogP contribution in [0.3, 0.4) is 0 Å². The Bertz CT molecular complexity index is 574. The van der Waals surface area contributed by atoms with Crippen LogP contribution in [-0.2, 0) is 9.84 Å². The molecule has 0 spiro atoms. The van der Waals surface area contributed by atoms with Crippen LogP contribution < -0.4 is 10.1 Å². The van der Waals surface area contributed by atoms with E-state index in [0.717, 1.165) is 22.9 Å². The SMILES string of the molecule is CNC(c1cc(Br)ccc1OC)C1CCCCS1(=O)=O. The van der Waals surface area contributed by atoms with Gasteiger partial charge in [-0.1, -0.05) is 22.4 Å². The fourth-order valence-electron chi connectivity index (χ4n) is 2.84. The van der Waals surface area contributed by atoms with E-state index in [-0.39, 0.29) is 17.0 Å². The monoisotopic (exact) mass is 361 g/mol. The van der Waals surface area contributed by atoms with Crippen molar-refractivity contribution in [2.75, 3.05) is 19.9 Å². The molecule has 0 saturated carbocycles. The molecular weight excluding hydrogens is 342 g/mol. The van der Waals surface area contributed by atoms with Crippen LogP contribution in [0.4, 0.5) is 0 Å². The molecule has 0 radical (unpaired) electrons. The Hall–Kier alpha value is -0.590. The maximum absolute atomic E-state index is 12.3.